The van der Waals surface area contributed by atoms with Crippen molar-refractivity contribution in [2.24, 2.45) is 0 Å². The van der Waals surface area contributed by atoms with E-state index in [4.69, 9.17) is 9.15 Å². The Morgan fingerprint density at radius 1 is 0.885 bits per heavy atom. The van der Waals surface area contributed by atoms with Crippen LogP contribution in [0.25, 0.3) is 11.3 Å². The summed E-state index contributed by atoms with van der Waals surface area (Å²) >= 11 is 0. The van der Waals surface area contributed by atoms with E-state index in [-0.39, 0.29) is 6.10 Å². The summed E-state index contributed by atoms with van der Waals surface area (Å²) < 4.78 is 12.7. The van der Waals surface area contributed by atoms with Crippen molar-refractivity contribution in [1.82, 2.24) is 0 Å². The first-order valence-electron chi connectivity index (χ1n) is 9.33. The summed E-state index contributed by atoms with van der Waals surface area (Å²) in [7, 11) is 0. The van der Waals surface area contributed by atoms with Crippen molar-refractivity contribution in [3.8, 4) is 11.3 Å². The van der Waals surface area contributed by atoms with Gasteiger partial charge in [0, 0.05) is 23.3 Å². The van der Waals surface area contributed by atoms with E-state index in [9.17, 15) is 0 Å². The number of aryl methyl sites for hydroxylation is 1. The minimum Gasteiger partial charge on any atom is -0.461 e. The van der Waals surface area contributed by atoms with Gasteiger partial charge in [-0.1, -0.05) is 72.8 Å². The smallest absolute Gasteiger partial charge is 0.138 e. The summed E-state index contributed by atoms with van der Waals surface area (Å²) in [5, 5.41) is 0. The lowest BCUT2D eigenvalue weighted by Gasteiger charge is -2.20. The summed E-state index contributed by atoms with van der Waals surface area (Å²) in [6.07, 6.45) is 7.40. The first kappa shape index (κ1) is 16.9. The predicted octanol–water partition coefficient (Wildman–Crippen LogP) is 6.25. The Bertz CT molecular complexity index is 875. The molecule has 0 amide bonds. The molecule has 132 valence electrons. The van der Waals surface area contributed by atoms with Crippen molar-refractivity contribution in [2.45, 2.75) is 32.3 Å². The topological polar surface area (TPSA) is 22.4 Å². The zero-order valence-corrected chi connectivity index (χ0v) is 15.2. The molecule has 1 aromatic heterocycles. The molecule has 4 rings (SSSR count). The second-order valence-electron chi connectivity index (χ2n) is 6.72. The van der Waals surface area contributed by atoms with Crippen molar-refractivity contribution >= 4 is 0 Å². The third-order valence-corrected chi connectivity index (χ3v) is 4.92. The summed E-state index contributed by atoms with van der Waals surface area (Å²) in [5.74, 6) is 1.91. The first-order valence-corrected chi connectivity index (χ1v) is 9.33. The summed E-state index contributed by atoms with van der Waals surface area (Å²) in [5.41, 5.74) is 4.72. The van der Waals surface area contributed by atoms with Gasteiger partial charge in [-0.3, -0.25) is 0 Å². The fourth-order valence-electron chi connectivity index (χ4n) is 3.67. The minimum atomic E-state index is -0.0843. The molecule has 1 aliphatic heterocycles. The molecule has 2 heteroatoms. The van der Waals surface area contributed by atoms with Crippen LogP contribution in [0.3, 0.4) is 0 Å². The molecule has 2 heterocycles. The molecule has 26 heavy (non-hydrogen) atoms. The van der Waals surface area contributed by atoms with E-state index in [1.54, 1.807) is 0 Å². The van der Waals surface area contributed by atoms with E-state index in [0.29, 0.717) is 0 Å². The third-order valence-electron chi connectivity index (χ3n) is 4.92. The molecule has 0 fully saturated rings. The molecule has 2 nitrogen and oxygen atoms in total. The molecular weight excluding hydrogens is 320 g/mol. The highest BCUT2D eigenvalue weighted by Crippen LogP contribution is 2.39. The van der Waals surface area contributed by atoms with Crippen LogP contribution in [0.15, 0.2) is 77.2 Å². The molecule has 0 saturated heterocycles. The molecule has 1 atom stereocenters. The Morgan fingerprint density at radius 3 is 2.38 bits per heavy atom. The number of allylic oxidation sites excluding steroid dienone is 2. The van der Waals surface area contributed by atoms with Crippen LogP contribution in [0, 0.1) is 6.92 Å². The molecule has 2 aromatic carbocycles. The Kier molecular flexibility index (Phi) is 5.03. The van der Waals surface area contributed by atoms with Crippen molar-refractivity contribution < 1.29 is 9.15 Å². The lowest BCUT2D eigenvalue weighted by atomic mass is 9.93. The number of rotatable bonds is 2. The van der Waals surface area contributed by atoms with Gasteiger partial charge in [0.15, 0.2) is 0 Å². The number of ether oxygens (including phenoxy) is 1. The maximum Gasteiger partial charge on any atom is 0.138 e. The van der Waals surface area contributed by atoms with Crippen molar-refractivity contribution in [3.05, 3.63) is 95.3 Å². The summed E-state index contributed by atoms with van der Waals surface area (Å²) in [4.78, 5) is 0. The summed E-state index contributed by atoms with van der Waals surface area (Å²) in [6, 6.07) is 20.9. The maximum atomic E-state index is 6.37. The Hall–Kier alpha value is -2.58. The SMILES string of the molecule is Cc1oc(-c2ccccc2)c2c1C(c1ccccc1)OCCC/C=C\C2. The highest BCUT2D eigenvalue weighted by atomic mass is 16.5. The highest BCUT2D eigenvalue weighted by Gasteiger charge is 2.27. The van der Waals surface area contributed by atoms with Gasteiger partial charge in [0.05, 0.1) is 0 Å². The van der Waals surface area contributed by atoms with Crippen molar-refractivity contribution in [3.63, 3.8) is 0 Å². The monoisotopic (exact) mass is 344 g/mol. The lowest BCUT2D eigenvalue weighted by molar-refractivity contribution is 0.0771. The Morgan fingerprint density at radius 2 is 1.62 bits per heavy atom. The predicted molar refractivity (Wildman–Crippen MR) is 105 cm³/mol. The highest BCUT2D eigenvalue weighted by molar-refractivity contribution is 5.65. The van der Waals surface area contributed by atoms with Crippen LogP contribution in [0.2, 0.25) is 0 Å². The molecule has 3 aromatic rings. The standard InChI is InChI=1S/C24H24O2/c1-18-22-21(23(26-18)19-12-6-4-7-13-19)16-10-2-3-11-17-25-24(22)20-14-8-5-9-15-20/h2,4-10,12-15,24H,3,11,16-17H2,1H3/b10-2-. The lowest BCUT2D eigenvalue weighted by Crippen LogP contribution is -2.10. The number of benzene rings is 2. The van der Waals surface area contributed by atoms with Gasteiger partial charge < -0.3 is 9.15 Å². The number of hydrogen-bond donors (Lipinski definition) is 0. The summed E-state index contributed by atoms with van der Waals surface area (Å²) in [6.45, 7) is 2.80. The second-order valence-corrected chi connectivity index (χ2v) is 6.72. The van der Waals surface area contributed by atoms with Gasteiger partial charge in [0.1, 0.15) is 17.6 Å². The Labute approximate surface area is 155 Å². The van der Waals surface area contributed by atoms with E-state index in [1.165, 1.54) is 16.7 Å². The fraction of sp³-hybridized carbons (Fsp3) is 0.250. The largest absolute Gasteiger partial charge is 0.461 e. The average Bonchev–Trinajstić information content (AvgIpc) is 3.02. The minimum absolute atomic E-state index is 0.0843. The molecule has 0 saturated carbocycles. The third kappa shape index (κ3) is 3.38. The van der Waals surface area contributed by atoms with E-state index < -0.39 is 0 Å². The van der Waals surface area contributed by atoms with E-state index in [2.05, 4.69) is 67.6 Å². The van der Waals surface area contributed by atoms with Gasteiger partial charge in [0.25, 0.3) is 0 Å². The van der Waals surface area contributed by atoms with Crippen LogP contribution >= 0.6 is 0 Å². The van der Waals surface area contributed by atoms with Crippen molar-refractivity contribution in [1.29, 1.82) is 0 Å². The zero-order chi connectivity index (χ0) is 17.8. The van der Waals surface area contributed by atoms with Crippen LogP contribution in [-0.2, 0) is 11.2 Å². The quantitative estimate of drug-likeness (QED) is 0.512. The molecule has 0 radical (unpaired) electrons. The normalized spacial score (nSPS) is 18.9. The Balaban J connectivity index is 1.88. The number of fused-ring (bicyclic) bond motifs is 1. The fourth-order valence-corrected chi connectivity index (χ4v) is 3.67. The molecule has 1 aliphatic rings. The zero-order valence-electron chi connectivity index (χ0n) is 15.2. The van der Waals surface area contributed by atoms with Gasteiger partial charge in [0.2, 0.25) is 0 Å². The van der Waals surface area contributed by atoms with Crippen LogP contribution < -0.4 is 0 Å². The van der Waals surface area contributed by atoms with Gasteiger partial charge in [-0.05, 0) is 31.7 Å². The van der Waals surface area contributed by atoms with Crippen LogP contribution in [-0.4, -0.2) is 6.61 Å². The van der Waals surface area contributed by atoms with Crippen LogP contribution in [0.1, 0.15) is 41.4 Å². The van der Waals surface area contributed by atoms with E-state index in [0.717, 1.165) is 43.0 Å². The molecule has 0 bridgehead atoms. The van der Waals surface area contributed by atoms with Gasteiger partial charge in [-0.15, -0.1) is 0 Å². The van der Waals surface area contributed by atoms with Crippen LogP contribution in [0.5, 0.6) is 0 Å². The van der Waals surface area contributed by atoms with Crippen molar-refractivity contribution in [2.75, 3.05) is 6.61 Å². The first-order chi connectivity index (χ1) is 12.8. The molecular formula is C24H24O2. The van der Waals surface area contributed by atoms with Crippen LogP contribution in [0.4, 0.5) is 0 Å². The average molecular weight is 344 g/mol. The number of hydrogen-bond acceptors (Lipinski definition) is 2. The van der Waals surface area contributed by atoms with E-state index >= 15 is 0 Å². The second kappa shape index (κ2) is 7.76. The van der Waals surface area contributed by atoms with Gasteiger partial charge in [-0.2, -0.15) is 0 Å². The molecule has 0 N–H and O–H groups in total. The van der Waals surface area contributed by atoms with E-state index in [1.807, 2.05) is 12.1 Å². The van der Waals surface area contributed by atoms with Gasteiger partial charge >= 0.3 is 0 Å². The molecule has 1 unspecified atom stereocenters. The van der Waals surface area contributed by atoms with Gasteiger partial charge in [-0.25, -0.2) is 0 Å². The maximum absolute atomic E-state index is 6.37. The number of furan rings is 1. The molecule has 0 aliphatic carbocycles. The molecule has 0 spiro atoms.